The number of nitrogens with one attached hydrogen (secondary N) is 2. The smallest absolute Gasteiger partial charge is 0.257 e. The Kier molecular flexibility index (Phi) is 9.61. The van der Waals surface area contributed by atoms with Crippen LogP contribution in [-0.2, 0) is 17.9 Å². The molecule has 8 heteroatoms. The van der Waals surface area contributed by atoms with Gasteiger partial charge in [-0.1, -0.05) is 18.2 Å². The Morgan fingerprint density at radius 2 is 1.71 bits per heavy atom. The Labute approximate surface area is 183 Å². The summed E-state index contributed by atoms with van der Waals surface area (Å²) in [7, 11) is 3.49. The number of carbonyl (C=O) groups excluding carboxylic acids is 1. The van der Waals surface area contributed by atoms with Crippen molar-refractivity contribution in [2.24, 2.45) is 4.99 Å². The summed E-state index contributed by atoms with van der Waals surface area (Å²) in [5.74, 6) is 1.35. The molecule has 0 saturated carbocycles. The monoisotopic (exact) mass is 430 g/mol. The first-order chi connectivity index (χ1) is 15.0. The number of benzene rings is 2. The summed E-state index contributed by atoms with van der Waals surface area (Å²) >= 11 is 0. The number of rotatable bonds is 10. The van der Waals surface area contributed by atoms with Gasteiger partial charge in [-0.15, -0.1) is 0 Å². The van der Waals surface area contributed by atoms with Crippen LogP contribution in [0.5, 0.6) is 11.5 Å². The van der Waals surface area contributed by atoms with Gasteiger partial charge < -0.3 is 25.0 Å². The van der Waals surface area contributed by atoms with E-state index in [0.717, 1.165) is 23.6 Å². The van der Waals surface area contributed by atoms with Crippen LogP contribution in [0.25, 0.3) is 0 Å². The number of carbonyl (C=O) groups is 1. The van der Waals surface area contributed by atoms with Crippen LogP contribution in [0.3, 0.4) is 0 Å². The predicted molar refractivity (Wildman–Crippen MR) is 120 cm³/mol. The van der Waals surface area contributed by atoms with E-state index in [0.29, 0.717) is 31.1 Å². The van der Waals surface area contributed by atoms with E-state index in [-0.39, 0.29) is 18.3 Å². The molecule has 0 radical (unpaired) electrons. The number of hydrogen-bond donors (Lipinski definition) is 2. The van der Waals surface area contributed by atoms with E-state index in [4.69, 9.17) is 14.5 Å². The summed E-state index contributed by atoms with van der Waals surface area (Å²) in [6.45, 7) is 6.10. The summed E-state index contributed by atoms with van der Waals surface area (Å²) in [6, 6.07) is 11.9. The first kappa shape index (κ1) is 24.0. The maximum Gasteiger partial charge on any atom is 0.257 e. The number of guanidine groups is 1. The molecule has 0 aliphatic rings. The molecule has 0 bridgehead atoms. The largest absolute Gasteiger partial charge is 0.493 e. The van der Waals surface area contributed by atoms with Crippen molar-refractivity contribution in [3.63, 3.8) is 0 Å². The van der Waals surface area contributed by atoms with Crippen LogP contribution in [0.4, 0.5) is 4.39 Å². The third-order valence-corrected chi connectivity index (χ3v) is 4.40. The third-order valence-electron chi connectivity index (χ3n) is 4.40. The normalized spacial score (nSPS) is 11.1. The number of hydrogen-bond acceptors (Lipinski definition) is 4. The predicted octanol–water partition coefficient (Wildman–Crippen LogP) is 2.95. The lowest BCUT2D eigenvalue weighted by atomic mass is 10.2. The van der Waals surface area contributed by atoms with E-state index in [1.165, 1.54) is 12.1 Å². The van der Waals surface area contributed by atoms with E-state index in [2.05, 4.69) is 10.6 Å². The maximum absolute atomic E-state index is 13.1. The van der Waals surface area contributed by atoms with Crippen molar-refractivity contribution in [1.29, 1.82) is 0 Å². The average molecular weight is 431 g/mol. The Morgan fingerprint density at radius 3 is 2.35 bits per heavy atom. The van der Waals surface area contributed by atoms with Crippen LogP contribution in [0.2, 0.25) is 0 Å². The number of ether oxygens (including phenoxy) is 2. The van der Waals surface area contributed by atoms with E-state index >= 15 is 0 Å². The van der Waals surface area contributed by atoms with Crippen LogP contribution >= 0.6 is 0 Å². The van der Waals surface area contributed by atoms with Gasteiger partial charge in [-0.05, 0) is 49.2 Å². The molecular formula is C23H31FN4O3. The number of likely N-dealkylation sites (N-methyl/N-ethyl adjacent to an activating group) is 1. The lowest BCUT2D eigenvalue weighted by Crippen LogP contribution is -2.38. The molecule has 0 fully saturated rings. The van der Waals surface area contributed by atoms with Gasteiger partial charge in [0.1, 0.15) is 5.82 Å². The molecule has 2 aromatic rings. The molecule has 0 saturated heterocycles. The third kappa shape index (κ3) is 7.81. The molecule has 2 rings (SSSR count). The van der Waals surface area contributed by atoms with Crippen molar-refractivity contribution in [3.05, 3.63) is 59.4 Å². The molecule has 0 aliphatic heterocycles. The number of amides is 1. The molecule has 0 aliphatic carbocycles. The maximum atomic E-state index is 13.1. The summed E-state index contributed by atoms with van der Waals surface area (Å²) in [6.07, 6.45) is 0. The number of aliphatic imine (C=N–C) groups is 1. The van der Waals surface area contributed by atoms with Crippen LogP contribution in [0, 0.1) is 5.82 Å². The second-order valence-corrected chi connectivity index (χ2v) is 6.88. The highest BCUT2D eigenvalue weighted by Gasteiger charge is 2.10. The van der Waals surface area contributed by atoms with Crippen molar-refractivity contribution in [2.45, 2.75) is 26.9 Å². The van der Waals surface area contributed by atoms with Crippen LogP contribution in [0.1, 0.15) is 25.0 Å². The van der Waals surface area contributed by atoms with Crippen molar-refractivity contribution < 1.29 is 18.7 Å². The fraction of sp³-hybridized carbons (Fsp3) is 0.391. The average Bonchev–Trinajstić information content (AvgIpc) is 2.77. The Balaban J connectivity index is 2.06. The summed E-state index contributed by atoms with van der Waals surface area (Å²) in [4.78, 5) is 18.3. The SMILES string of the molecule is CCNC(=O)COc1ccc(CN=C(NCC)N(C)Cc2ccc(F)cc2)cc1OC. The van der Waals surface area contributed by atoms with Crippen molar-refractivity contribution in [3.8, 4) is 11.5 Å². The fourth-order valence-corrected chi connectivity index (χ4v) is 2.90. The van der Waals surface area contributed by atoms with E-state index in [1.54, 1.807) is 25.3 Å². The van der Waals surface area contributed by atoms with Crippen molar-refractivity contribution in [1.82, 2.24) is 15.5 Å². The molecule has 0 spiro atoms. The highest BCUT2D eigenvalue weighted by Crippen LogP contribution is 2.28. The van der Waals surface area contributed by atoms with Gasteiger partial charge in [0.15, 0.2) is 24.1 Å². The molecule has 1 amide bonds. The van der Waals surface area contributed by atoms with Gasteiger partial charge >= 0.3 is 0 Å². The highest BCUT2D eigenvalue weighted by molar-refractivity contribution is 5.79. The second-order valence-electron chi connectivity index (χ2n) is 6.88. The van der Waals surface area contributed by atoms with Gasteiger partial charge in [-0.3, -0.25) is 4.79 Å². The molecule has 0 heterocycles. The molecule has 0 aromatic heterocycles. The number of nitrogens with zero attached hydrogens (tertiary/aromatic N) is 2. The lowest BCUT2D eigenvalue weighted by Gasteiger charge is -2.22. The Hall–Kier alpha value is -3.29. The molecule has 0 unspecified atom stereocenters. The zero-order chi connectivity index (χ0) is 22.6. The van der Waals surface area contributed by atoms with Crippen LogP contribution in [-0.4, -0.2) is 50.6 Å². The zero-order valence-corrected chi connectivity index (χ0v) is 18.6. The highest BCUT2D eigenvalue weighted by atomic mass is 19.1. The fourth-order valence-electron chi connectivity index (χ4n) is 2.90. The molecule has 31 heavy (non-hydrogen) atoms. The minimum Gasteiger partial charge on any atom is -0.493 e. The molecule has 2 aromatic carbocycles. The van der Waals surface area contributed by atoms with Gasteiger partial charge in [0.25, 0.3) is 5.91 Å². The second kappa shape index (κ2) is 12.4. The quantitative estimate of drug-likeness (QED) is 0.448. The van der Waals surface area contributed by atoms with Crippen molar-refractivity contribution in [2.75, 3.05) is 33.9 Å². The molecule has 168 valence electrons. The number of methoxy groups -OCH3 is 1. The zero-order valence-electron chi connectivity index (χ0n) is 18.6. The van der Waals surface area contributed by atoms with Gasteiger partial charge in [-0.25, -0.2) is 9.38 Å². The van der Waals surface area contributed by atoms with Crippen LogP contribution in [0.15, 0.2) is 47.5 Å². The van der Waals surface area contributed by atoms with E-state index in [1.807, 2.05) is 37.9 Å². The van der Waals surface area contributed by atoms with E-state index < -0.39 is 0 Å². The van der Waals surface area contributed by atoms with Gasteiger partial charge in [0.2, 0.25) is 0 Å². The Bertz CT molecular complexity index is 872. The molecule has 2 N–H and O–H groups in total. The lowest BCUT2D eigenvalue weighted by molar-refractivity contribution is -0.123. The van der Waals surface area contributed by atoms with E-state index in [9.17, 15) is 9.18 Å². The molecular weight excluding hydrogens is 399 g/mol. The Morgan fingerprint density at radius 1 is 1.03 bits per heavy atom. The summed E-state index contributed by atoms with van der Waals surface area (Å²) in [5.41, 5.74) is 1.93. The van der Waals surface area contributed by atoms with Gasteiger partial charge in [-0.2, -0.15) is 0 Å². The first-order valence-electron chi connectivity index (χ1n) is 10.3. The minimum absolute atomic E-state index is 0.0690. The summed E-state index contributed by atoms with van der Waals surface area (Å²) in [5, 5.41) is 5.96. The minimum atomic E-state index is -0.251. The molecule has 0 atom stereocenters. The standard InChI is InChI=1S/C23H31FN4O3/c1-5-25-22(29)16-31-20-12-9-18(13-21(20)30-4)14-27-23(26-6-2)28(3)15-17-7-10-19(24)11-8-17/h7-13H,5-6,14-16H2,1-4H3,(H,25,29)(H,26,27). The van der Waals surface area contributed by atoms with Gasteiger partial charge in [0, 0.05) is 26.7 Å². The molecule has 7 nitrogen and oxygen atoms in total. The van der Waals surface area contributed by atoms with Crippen molar-refractivity contribution >= 4 is 11.9 Å². The van der Waals surface area contributed by atoms with Crippen LogP contribution < -0.4 is 20.1 Å². The van der Waals surface area contributed by atoms with Gasteiger partial charge in [0.05, 0.1) is 13.7 Å². The topological polar surface area (TPSA) is 75.2 Å². The first-order valence-corrected chi connectivity index (χ1v) is 10.3. The number of halogens is 1. The summed E-state index contributed by atoms with van der Waals surface area (Å²) < 4.78 is 24.1.